The van der Waals surface area contributed by atoms with E-state index >= 15 is 0 Å². The van der Waals surface area contributed by atoms with Gasteiger partial charge in [0.2, 0.25) is 0 Å². The lowest BCUT2D eigenvalue weighted by Crippen LogP contribution is -2.36. The van der Waals surface area contributed by atoms with Crippen LogP contribution in [-0.2, 0) is 4.74 Å². The van der Waals surface area contributed by atoms with E-state index in [0.29, 0.717) is 16.7 Å². The predicted octanol–water partition coefficient (Wildman–Crippen LogP) is 3.17. The number of rotatable bonds is 8. The summed E-state index contributed by atoms with van der Waals surface area (Å²) in [5, 5.41) is 3.63. The molecule has 0 heterocycles. The molecule has 0 aliphatic heterocycles. The Balaban J connectivity index is 3.68. The van der Waals surface area contributed by atoms with Gasteiger partial charge in [-0.05, 0) is 12.3 Å². The molecule has 0 amide bonds. The molecule has 0 fully saturated rings. The van der Waals surface area contributed by atoms with E-state index in [1.165, 1.54) is 5.75 Å². The third-order valence-electron chi connectivity index (χ3n) is 2.48. The molecule has 3 heteroatoms. The fraction of sp³-hybridized carbons (Fsp3) is 1.00. The van der Waals surface area contributed by atoms with Gasteiger partial charge in [-0.2, -0.15) is 11.8 Å². The molecule has 0 aromatic rings. The van der Waals surface area contributed by atoms with E-state index in [0.717, 1.165) is 19.6 Å². The van der Waals surface area contributed by atoms with E-state index in [1.807, 2.05) is 11.8 Å². The second-order valence-electron chi connectivity index (χ2n) is 5.55. The Morgan fingerprint density at radius 3 is 2.31 bits per heavy atom. The SMILES string of the molecule is COCCC(NCCSC(C)(C)C)C(C)C. The Bertz CT molecular complexity index is 166. The van der Waals surface area contributed by atoms with Gasteiger partial charge in [0.05, 0.1) is 0 Å². The molecule has 0 rings (SSSR count). The van der Waals surface area contributed by atoms with Crippen LogP contribution in [0, 0.1) is 5.92 Å². The summed E-state index contributed by atoms with van der Waals surface area (Å²) >= 11 is 2.02. The van der Waals surface area contributed by atoms with Crippen LogP contribution in [0.15, 0.2) is 0 Å². The van der Waals surface area contributed by atoms with E-state index in [1.54, 1.807) is 7.11 Å². The summed E-state index contributed by atoms with van der Waals surface area (Å²) in [4.78, 5) is 0. The highest BCUT2D eigenvalue weighted by Gasteiger charge is 2.13. The Kier molecular flexibility index (Phi) is 8.52. The van der Waals surface area contributed by atoms with E-state index in [4.69, 9.17) is 4.74 Å². The maximum absolute atomic E-state index is 5.14. The summed E-state index contributed by atoms with van der Waals surface area (Å²) in [6.07, 6.45) is 1.11. The summed E-state index contributed by atoms with van der Waals surface area (Å²) in [5.41, 5.74) is 0. The molecule has 98 valence electrons. The van der Waals surface area contributed by atoms with Gasteiger partial charge < -0.3 is 10.1 Å². The molecule has 0 radical (unpaired) electrons. The second-order valence-corrected chi connectivity index (χ2v) is 7.47. The fourth-order valence-corrected chi connectivity index (χ4v) is 2.35. The van der Waals surface area contributed by atoms with Crippen molar-refractivity contribution in [3.05, 3.63) is 0 Å². The molecule has 0 spiro atoms. The lowest BCUT2D eigenvalue weighted by atomic mass is 10.0. The summed E-state index contributed by atoms with van der Waals surface area (Å²) < 4.78 is 5.51. The van der Waals surface area contributed by atoms with E-state index in [-0.39, 0.29) is 0 Å². The zero-order valence-corrected chi connectivity index (χ0v) is 12.6. The number of hydrogen-bond acceptors (Lipinski definition) is 3. The van der Waals surface area contributed by atoms with Crippen molar-refractivity contribution in [3.8, 4) is 0 Å². The standard InChI is InChI=1S/C13H29NOS/c1-11(2)12(7-9-15-6)14-8-10-16-13(3,4)5/h11-12,14H,7-10H2,1-6H3. The molecule has 1 atom stereocenters. The van der Waals surface area contributed by atoms with Crippen LogP contribution in [0.1, 0.15) is 41.0 Å². The molecule has 0 bridgehead atoms. The number of nitrogens with one attached hydrogen (secondary N) is 1. The van der Waals surface area contributed by atoms with Gasteiger partial charge in [-0.25, -0.2) is 0 Å². The molecule has 0 aliphatic rings. The summed E-state index contributed by atoms with van der Waals surface area (Å²) in [6, 6.07) is 0.584. The van der Waals surface area contributed by atoms with Crippen molar-refractivity contribution in [3.63, 3.8) is 0 Å². The monoisotopic (exact) mass is 247 g/mol. The Morgan fingerprint density at radius 1 is 1.25 bits per heavy atom. The third-order valence-corrected chi connectivity index (χ3v) is 3.76. The van der Waals surface area contributed by atoms with E-state index < -0.39 is 0 Å². The topological polar surface area (TPSA) is 21.3 Å². The van der Waals surface area contributed by atoms with Gasteiger partial charge in [-0.15, -0.1) is 0 Å². The molecular weight excluding hydrogens is 218 g/mol. The zero-order valence-electron chi connectivity index (χ0n) is 11.8. The maximum Gasteiger partial charge on any atom is 0.0477 e. The van der Waals surface area contributed by atoms with Crippen molar-refractivity contribution in [1.82, 2.24) is 5.32 Å². The van der Waals surface area contributed by atoms with Crippen LogP contribution < -0.4 is 5.32 Å². The van der Waals surface area contributed by atoms with Crippen LogP contribution in [-0.4, -0.2) is 36.8 Å². The number of methoxy groups -OCH3 is 1. The van der Waals surface area contributed by atoms with Gasteiger partial charge in [-0.1, -0.05) is 34.6 Å². The van der Waals surface area contributed by atoms with Crippen molar-refractivity contribution < 1.29 is 4.74 Å². The smallest absolute Gasteiger partial charge is 0.0477 e. The Morgan fingerprint density at radius 2 is 1.88 bits per heavy atom. The average Bonchev–Trinajstić information content (AvgIpc) is 2.14. The first-order chi connectivity index (χ1) is 7.37. The van der Waals surface area contributed by atoms with Gasteiger partial charge in [0.15, 0.2) is 0 Å². The van der Waals surface area contributed by atoms with Crippen molar-refractivity contribution in [2.45, 2.75) is 51.8 Å². The largest absolute Gasteiger partial charge is 0.385 e. The minimum atomic E-state index is 0.377. The first-order valence-corrected chi connectivity index (χ1v) is 7.21. The highest BCUT2D eigenvalue weighted by atomic mass is 32.2. The van der Waals surface area contributed by atoms with E-state index in [2.05, 4.69) is 39.9 Å². The van der Waals surface area contributed by atoms with Gasteiger partial charge >= 0.3 is 0 Å². The van der Waals surface area contributed by atoms with Crippen molar-refractivity contribution in [2.24, 2.45) is 5.92 Å². The number of thioether (sulfide) groups is 1. The fourth-order valence-electron chi connectivity index (χ4n) is 1.52. The highest BCUT2D eigenvalue weighted by molar-refractivity contribution is 8.00. The van der Waals surface area contributed by atoms with Crippen LogP contribution in [0.2, 0.25) is 0 Å². The van der Waals surface area contributed by atoms with Crippen LogP contribution in [0.3, 0.4) is 0 Å². The third kappa shape index (κ3) is 9.49. The summed E-state index contributed by atoms with van der Waals surface area (Å²) in [6.45, 7) is 13.3. The van der Waals surface area contributed by atoms with Crippen molar-refractivity contribution in [1.29, 1.82) is 0 Å². The first-order valence-electron chi connectivity index (χ1n) is 6.23. The van der Waals surface area contributed by atoms with Gasteiger partial charge in [-0.3, -0.25) is 0 Å². The summed E-state index contributed by atoms with van der Waals surface area (Å²) in [5.74, 6) is 1.86. The molecule has 0 aromatic carbocycles. The minimum Gasteiger partial charge on any atom is -0.385 e. The Hall–Kier alpha value is 0.270. The predicted molar refractivity (Wildman–Crippen MR) is 75.3 cm³/mol. The van der Waals surface area contributed by atoms with Gasteiger partial charge in [0.1, 0.15) is 0 Å². The highest BCUT2D eigenvalue weighted by Crippen LogP contribution is 2.22. The maximum atomic E-state index is 5.14. The first kappa shape index (κ1) is 16.3. The van der Waals surface area contributed by atoms with Crippen LogP contribution in [0.5, 0.6) is 0 Å². The zero-order chi connectivity index (χ0) is 12.6. The molecule has 2 nitrogen and oxygen atoms in total. The quantitative estimate of drug-likeness (QED) is 0.666. The number of hydrogen-bond donors (Lipinski definition) is 1. The molecule has 0 aliphatic carbocycles. The lowest BCUT2D eigenvalue weighted by molar-refractivity contribution is 0.174. The van der Waals surface area contributed by atoms with Crippen molar-refractivity contribution >= 4 is 11.8 Å². The van der Waals surface area contributed by atoms with Crippen molar-refractivity contribution in [2.75, 3.05) is 26.0 Å². The number of ether oxygens (including phenoxy) is 1. The molecule has 1 N–H and O–H groups in total. The molecule has 0 saturated carbocycles. The summed E-state index contributed by atoms with van der Waals surface area (Å²) in [7, 11) is 1.77. The second kappa shape index (κ2) is 8.37. The molecular formula is C13H29NOS. The average molecular weight is 247 g/mol. The van der Waals surface area contributed by atoms with Crippen LogP contribution in [0.4, 0.5) is 0 Å². The normalized spacial score (nSPS) is 14.4. The Labute approximate surface area is 106 Å². The molecule has 0 saturated heterocycles. The van der Waals surface area contributed by atoms with Gasteiger partial charge in [0, 0.05) is 36.8 Å². The van der Waals surface area contributed by atoms with Crippen LogP contribution in [0.25, 0.3) is 0 Å². The molecule has 16 heavy (non-hydrogen) atoms. The lowest BCUT2D eigenvalue weighted by Gasteiger charge is -2.23. The molecule has 1 unspecified atom stereocenters. The van der Waals surface area contributed by atoms with E-state index in [9.17, 15) is 0 Å². The molecule has 0 aromatic heterocycles. The van der Waals surface area contributed by atoms with Crippen LogP contribution >= 0.6 is 11.8 Å². The van der Waals surface area contributed by atoms with Gasteiger partial charge in [0.25, 0.3) is 0 Å². The minimum absolute atomic E-state index is 0.377.